The van der Waals surface area contributed by atoms with Crippen LogP contribution in [0.15, 0.2) is 35.6 Å². The van der Waals surface area contributed by atoms with Crippen molar-refractivity contribution in [3.63, 3.8) is 0 Å². The zero-order valence-electron chi connectivity index (χ0n) is 16.4. The molecule has 1 fully saturated rings. The van der Waals surface area contributed by atoms with Gasteiger partial charge in [-0.25, -0.2) is 0 Å². The number of ether oxygens (including phenoxy) is 2. The molecule has 31 heavy (non-hydrogen) atoms. The fourth-order valence-electron chi connectivity index (χ4n) is 3.57. The van der Waals surface area contributed by atoms with Gasteiger partial charge in [-0.1, -0.05) is 0 Å². The highest BCUT2D eigenvalue weighted by Gasteiger charge is 2.45. The van der Waals surface area contributed by atoms with E-state index in [1.54, 1.807) is 10.8 Å². The van der Waals surface area contributed by atoms with Crippen molar-refractivity contribution in [3.8, 4) is 11.8 Å². The number of imidazole rings is 1. The molecule has 4 rings (SSSR count). The number of halogens is 3. The summed E-state index contributed by atoms with van der Waals surface area (Å²) in [4.78, 5) is 16.3. The maximum atomic E-state index is 12.2. The smallest absolute Gasteiger partial charge is 0.422 e. The number of nitro groups is 1. The largest absolute Gasteiger partial charge is 0.573 e. The minimum Gasteiger partial charge on any atom is -0.422 e. The molecule has 3 heterocycles. The summed E-state index contributed by atoms with van der Waals surface area (Å²) in [5.74, 6) is -0.525. The summed E-state index contributed by atoms with van der Waals surface area (Å²) in [6, 6.07) is 5.69. The Kier molecular flexibility index (Phi) is 5.21. The van der Waals surface area contributed by atoms with Gasteiger partial charge in [0, 0.05) is 31.2 Å². The Morgan fingerprint density at radius 3 is 2.52 bits per heavy atom. The molecule has 0 aliphatic carbocycles. The average molecular weight is 440 g/mol. The van der Waals surface area contributed by atoms with Crippen LogP contribution in [0.1, 0.15) is 12.5 Å². The Morgan fingerprint density at radius 2 is 1.94 bits per heavy atom. The number of aromatic nitrogens is 2. The van der Waals surface area contributed by atoms with Gasteiger partial charge in [0.2, 0.25) is 0 Å². The standard InChI is InChI=1S/C18H19F3N6O4/c1-17(12-24-11-15(27(28)29)23-16(24)31-17)25-6-8-26(9-7-25)22-10-13-2-4-14(5-3-13)30-18(19,20)21/h2-5,10-11H,6-9,12H2,1H3/t17-/m0/s1. The molecule has 0 bridgehead atoms. The second-order valence-electron chi connectivity index (χ2n) is 7.35. The molecule has 1 aromatic carbocycles. The van der Waals surface area contributed by atoms with E-state index in [2.05, 4.69) is 19.7 Å². The summed E-state index contributed by atoms with van der Waals surface area (Å²) in [6.07, 6.45) is -1.77. The van der Waals surface area contributed by atoms with E-state index in [-0.39, 0.29) is 17.6 Å². The van der Waals surface area contributed by atoms with Crippen molar-refractivity contribution in [3.05, 3.63) is 46.1 Å². The molecular formula is C18H19F3N6O4. The quantitative estimate of drug-likeness (QED) is 0.400. The summed E-state index contributed by atoms with van der Waals surface area (Å²) < 4.78 is 48.0. The molecule has 0 radical (unpaired) electrons. The molecule has 0 saturated carbocycles. The summed E-state index contributed by atoms with van der Waals surface area (Å²) in [5.41, 5.74) is -0.00301. The van der Waals surface area contributed by atoms with Crippen LogP contribution < -0.4 is 9.47 Å². The van der Waals surface area contributed by atoms with Crippen LogP contribution in [-0.2, 0) is 6.54 Å². The van der Waals surface area contributed by atoms with Crippen LogP contribution >= 0.6 is 0 Å². The highest BCUT2D eigenvalue weighted by molar-refractivity contribution is 5.79. The Labute approximate surface area is 174 Å². The Morgan fingerprint density at radius 1 is 1.26 bits per heavy atom. The number of rotatable bonds is 5. The molecule has 0 spiro atoms. The van der Waals surface area contributed by atoms with Gasteiger partial charge < -0.3 is 19.6 Å². The van der Waals surface area contributed by atoms with Crippen LogP contribution in [0.4, 0.5) is 19.0 Å². The lowest BCUT2D eigenvalue weighted by molar-refractivity contribution is -0.389. The predicted molar refractivity (Wildman–Crippen MR) is 102 cm³/mol. The highest BCUT2D eigenvalue weighted by Crippen LogP contribution is 2.33. The summed E-state index contributed by atoms with van der Waals surface area (Å²) >= 11 is 0. The summed E-state index contributed by atoms with van der Waals surface area (Å²) in [5, 5.41) is 17.1. The van der Waals surface area contributed by atoms with E-state index in [1.165, 1.54) is 30.5 Å². The third-order valence-electron chi connectivity index (χ3n) is 5.10. The number of fused-ring (bicyclic) bond motifs is 1. The number of piperazine rings is 1. The van der Waals surface area contributed by atoms with E-state index in [4.69, 9.17) is 4.74 Å². The van der Waals surface area contributed by atoms with Crippen LogP contribution in [0.2, 0.25) is 0 Å². The van der Waals surface area contributed by atoms with E-state index < -0.39 is 17.0 Å². The third kappa shape index (κ3) is 4.71. The lowest BCUT2D eigenvalue weighted by atomic mass is 10.2. The maximum Gasteiger partial charge on any atom is 0.573 e. The molecule has 2 aliphatic rings. The lowest BCUT2D eigenvalue weighted by Gasteiger charge is -2.41. The van der Waals surface area contributed by atoms with Crippen molar-refractivity contribution in [2.45, 2.75) is 25.6 Å². The zero-order chi connectivity index (χ0) is 22.2. The molecule has 0 unspecified atom stereocenters. The van der Waals surface area contributed by atoms with Gasteiger partial charge in [0.25, 0.3) is 0 Å². The Bertz CT molecular complexity index is 960. The van der Waals surface area contributed by atoms with E-state index in [9.17, 15) is 23.3 Å². The minimum atomic E-state index is -4.72. The second kappa shape index (κ2) is 7.72. The van der Waals surface area contributed by atoms with E-state index in [1.807, 2.05) is 11.9 Å². The second-order valence-corrected chi connectivity index (χ2v) is 7.35. The average Bonchev–Trinajstić information content (AvgIpc) is 3.23. The predicted octanol–water partition coefficient (Wildman–Crippen LogP) is 2.45. The lowest BCUT2D eigenvalue weighted by Crippen LogP contribution is -2.57. The zero-order valence-corrected chi connectivity index (χ0v) is 16.4. The van der Waals surface area contributed by atoms with Gasteiger partial charge in [0.05, 0.1) is 12.8 Å². The fraction of sp³-hybridized carbons (Fsp3) is 0.444. The number of nitrogens with zero attached hydrogens (tertiary/aromatic N) is 6. The van der Waals surface area contributed by atoms with Gasteiger partial charge in [0.1, 0.15) is 11.9 Å². The van der Waals surface area contributed by atoms with Gasteiger partial charge in [-0.2, -0.15) is 5.10 Å². The van der Waals surface area contributed by atoms with Crippen molar-refractivity contribution in [1.82, 2.24) is 19.5 Å². The number of hydrogen-bond donors (Lipinski definition) is 0. The molecule has 1 saturated heterocycles. The first-order valence-corrected chi connectivity index (χ1v) is 9.42. The number of benzene rings is 1. The molecular weight excluding hydrogens is 421 g/mol. The molecule has 13 heteroatoms. The van der Waals surface area contributed by atoms with Crippen LogP contribution in [0.25, 0.3) is 0 Å². The monoisotopic (exact) mass is 440 g/mol. The Balaban J connectivity index is 1.30. The van der Waals surface area contributed by atoms with Gasteiger partial charge in [0.15, 0.2) is 5.72 Å². The van der Waals surface area contributed by atoms with Crippen molar-refractivity contribution < 1.29 is 27.6 Å². The van der Waals surface area contributed by atoms with Crippen LogP contribution in [0.5, 0.6) is 11.8 Å². The van der Waals surface area contributed by atoms with Crippen molar-refractivity contribution in [2.75, 3.05) is 26.2 Å². The first-order chi connectivity index (χ1) is 14.6. The van der Waals surface area contributed by atoms with E-state index in [0.717, 1.165) is 0 Å². The SMILES string of the molecule is C[C@@]1(N2CCN(N=Cc3ccc(OC(F)(F)F)cc3)CC2)Cn2cc([N+](=O)[O-])nc2O1. The van der Waals surface area contributed by atoms with Crippen LogP contribution in [-0.4, -0.2) is 68.9 Å². The molecule has 10 nitrogen and oxygen atoms in total. The van der Waals surface area contributed by atoms with Gasteiger partial charge in [-0.15, -0.1) is 13.2 Å². The van der Waals surface area contributed by atoms with E-state index in [0.29, 0.717) is 38.3 Å². The number of hydrogen-bond acceptors (Lipinski definition) is 8. The van der Waals surface area contributed by atoms with Gasteiger partial charge >= 0.3 is 18.2 Å². The Hall–Kier alpha value is -3.35. The minimum absolute atomic E-state index is 0.229. The fourth-order valence-corrected chi connectivity index (χ4v) is 3.57. The van der Waals surface area contributed by atoms with E-state index >= 15 is 0 Å². The highest BCUT2D eigenvalue weighted by atomic mass is 19.4. The summed E-state index contributed by atoms with van der Waals surface area (Å²) in [7, 11) is 0. The maximum absolute atomic E-state index is 12.2. The normalized spacial score (nSPS) is 21.9. The molecule has 2 aliphatic heterocycles. The molecule has 0 N–H and O–H groups in total. The third-order valence-corrected chi connectivity index (χ3v) is 5.10. The first-order valence-electron chi connectivity index (χ1n) is 9.42. The molecule has 1 atom stereocenters. The van der Waals surface area contributed by atoms with Crippen molar-refractivity contribution >= 4 is 12.0 Å². The number of alkyl halides is 3. The van der Waals surface area contributed by atoms with Crippen LogP contribution in [0.3, 0.4) is 0 Å². The molecule has 0 amide bonds. The number of hydrazone groups is 1. The molecule has 166 valence electrons. The molecule has 1 aromatic heterocycles. The summed E-state index contributed by atoms with van der Waals surface area (Å²) in [6.45, 7) is 4.88. The topological polar surface area (TPSA) is 98.3 Å². The van der Waals surface area contributed by atoms with Gasteiger partial charge in [-0.05, 0) is 41.7 Å². The molecule has 2 aromatic rings. The first kappa shape index (κ1) is 20.9. The van der Waals surface area contributed by atoms with Crippen molar-refractivity contribution in [2.24, 2.45) is 5.10 Å². The van der Waals surface area contributed by atoms with Crippen molar-refractivity contribution in [1.29, 1.82) is 0 Å². The van der Waals surface area contributed by atoms with Gasteiger partial charge in [-0.3, -0.25) is 14.5 Å². The van der Waals surface area contributed by atoms with Crippen LogP contribution in [0, 0.1) is 10.1 Å².